The van der Waals surface area contributed by atoms with Crippen LogP contribution in [0.3, 0.4) is 0 Å². The van der Waals surface area contributed by atoms with Crippen LogP contribution in [0, 0.1) is 6.92 Å². The molecule has 1 aromatic carbocycles. The fourth-order valence-corrected chi connectivity index (χ4v) is 2.72. The first-order valence-corrected chi connectivity index (χ1v) is 8.05. The molecule has 3 rings (SSSR count). The summed E-state index contributed by atoms with van der Waals surface area (Å²) in [7, 11) is 0. The molecule has 114 valence electrons. The SMILES string of the molecule is Cc1ccc(C(=O)N2CCC(Oc3ccc(Br)cn3)C2)cc1. The normalized spacial score (nSPS) is 17.5. The van der Waals surface area contributed by atoms with E-state index in [4.69, 9.17) is 4.74 Å². The molecule has 1 atom stereocenters. The van der Waals surface area contributed by atoms with Crippen molar-refractivity contribution in [1.29, 1.82) is 0 Å². The molecule has 2 heterocycles. The van der Waals surface area contributed by atoms with Gasteiger partial charge in [0.2, 0.25) is 5.88 Å². The summed E-state index contributed by atoms with van der Waals surface area (Å²) in [5, 5.41) is 0. The van der Waals surface area contributed by atoms with E-state index in [0.717, 1.165) is 22.0 Å². The molecule has 22 heavy (non-hydrogen) atoms. The molecule has 1 aliphatic heterocycles. The Labute approximate surface area is 138 Å². The van der Waals surface area contributed by atoms with E-state index < -0.39 is 0 Å². The van der Waals surface area contributed by atoms with Crippen molar-refractivity contribution in [2.45, 2.75) is 19.4 Å². The van der Waals surface area contributed by atoms with Crippen LogP contribution in [0.15, 0.2) is 47.1 Å². The summed E-state index contributed by atoms with van der Waals surface area (Å²) in [6.07, 6.45) is 2.54. The molecular weight excluding hydrogens is 344 g/mol. The largest absolute Gasteiger partial charge is 0.472 e. The number of carbonyl (C=O) groups is 1. The predicted octanol–water partition coefficient (Wildman–Crippen LogP) is 3.45. The Balaban J connectivity index is 1.61. The van der Waals surface area contributed by atoms with Gasteiger partial charge in [-0.05, 0) is 41.1 Å². The first-order valence-electron chi connectivity index (χ1n) is 7.26. The molecule has 1 saturated heterocycles. The van der Waals surface area contributed by atoms with Gasteiger partial charge in [-0.25, -0.2) is 4.98 Å². The van der Waals surface area contributed by atoms with Crippen LogP contribution in [0.4, 0.5) is 0 Å². The van der Waals surface area contributed by atoms with Crippen molar-refractivity contribution in [2.24, 2.45) is 0 Å². The van der Waals surface area contributed by atoms with E-state index in [1.54, 1.807) is 6.20 Å². The zero-order valence-corrected chi connectivity index (χ0v) is 13.9. The monoisotopic (exact) mass is 360 g/mol. The number of aryl methyl sites for hydroxylation is 1. The third kappa shape index (κ3) is 3.47. The summed E-state index contributed by atoms with van der Waals surface area (Å²) in [6, 6.07) is 11.4. The van der Waals surface area contributed by atoms with Crippen molar-refractivity contribution in [3.8, 4) is 5.88 Å². The number of benzene rings is 1. The topological polar surface area (TPSA) is 42.4 Å². The minimum Gasteiger partial charge on any atom is -0.472 e. The Morgan fingerprint density at radius 2 is 2.05 bits per heavy atom. The van der Waals surface area contributed by atoms with Crippen molar-refractivity contribution in [1.82, 2.24) is 9.88 Å². The lowest BCUT2D eigenvalue weighted by molar-refractivity contribution is 0.0771. The van der Waals surface area contributed by atoms with Crippen LogP contribution in [-0.4, -0.2) is 35.0 Å². The average Bonchev–Trinajstić information content (AvgIpc) is 2.98. The van der Waals surface area contributed by atoms with Gasteiger partial charge in [-0.1, -0.05) is 17.7 Å². The maximum atomic E-state index is 12.4. The summed E-state index contributed by atoms with van der Waals surface area (Å²) in [5.41, 5.74) is 1.88. The number of likely N-dealkylation sites (tertiary alicyclic amines) is 1. The van der Waals surface area contributed by atoms with Crippen LogP contribution < -0.4 is 4.74 Å². The molecule has 0 N–H and O–H groups in total. The lowest BCUT2D eigenvalue weighted by Crippen LogP contribution is -2.31. The van der Waals surface area contributed by atoms with Gasteiger partial charge in [0.1, 0.15) is 6.10 Å². The quantitative estimate of drug-likeness (QED) is 0.841. The van der Waals surface area contributed by atoms with Crippen LogP contribution in [0.1, 0.15) is 22.3 Å². The Morgan fingerprint density at radius 3 is 2.73 bits per heavy atom. The molecule has 4 nitrogen and oxygen atoms in total. The molecule has 0 spiro atoms. The molecule has 1 fully saturated rings. The standard InChI is InChI=1S/C17H17BrN2O2/c1-12-2-4-13(5-3-12)17(21)20-9-8-15(11-20)22-16-7-6-14(18)10-19-16/h2-7,10,15H,8-9,11H2,1H3. The minimum absolute atomic E-state index is 0.00285. The Kier molecular flexibility index (Phi) is 4.43. The summed E-state index contributed by atoms with van der Waals surface area (Å²) in [6.45, 7) is 3.33. The molecule has 0 bridgehead atoms. The molecule has 1 amide bonds. The summed E-state index contributed by atoms with van der Waals surface area (Å²) in [4.78, 5) is 18.5. The second kappa shape index (κ2) is 6.48. The van der Waals surface area contributed by atoms with Crippen molar-refractivity contribution in [3.63, 3.8) is 0 Å². The molecule has 2 aromatic rings. The van der Waals surface area contributed by atoms with Gasteiger partial charge >= 0.3 is 0 Å². The van der Waals surface area contributed by atoms with E-state index in [-0.39, 0.29) is 12.0 Å². The highest BCUT2D eigenvalue weighted by molar-refractivity contribution is 9.10. The van der Waals surface area contributed by atoms with Gasteiger partial charge < -0.3 is 9.64 Å². The number of aromatic nitrogens is 1. The van der Waals surface area contributed by atoms with Gasteiger partial charge in [-0.2, -0.15) is 0 Å². The molecular formula is C17H17BrN2O2. The first-order chi connectivity index (χ1) is 10.6. The smallest absolute Gasteiger partial charge is 0.253 e. The van der Waals surface area contributed by atoms with Crippen LogP contribution in [0.25, 0.3) is 0 Å². The van der Waals surface area contributed by atoms with Gasteiger partial charge in [0, 0.05) is 35.3 Å². The molecule has 1 aromatic heterocycles. The van der Waals surface area contributed by atoms with Gasteiger partial charge in [-0.15, -0.1) is 0 Å². The second-order valence-electron chi connectivity index (χ2n) is 5.46. The number of hydrogen-bond acceptors (Lipinski definition) is 3. The fraction of sp³-hybridized carbons (Fsp3) is 0.294. The highest BCUT2D eigenvalue weighted by Crippen LogP contribution is 2.20. The zero-order valence-electron chi connectivity index (χ0n) is 12.3. The van der Waals surface area contributed by atoms with Gasteiger partial charge in [0.25, 0.3) is 5.91 Å². The lowest BCUT2D eigenvalue weighted by atomic mass is 10.1. The molecule has 1 aliphatic rings. The van der Waals surface area contributed by atoms with Crippen LogP contribution >= 0.6 is 15.9 Å². The number of nitrogens with zero attached hydrogens (tertiary/aromatic N) is 2. The lowest BCUT2D eigenvalue weighted by Gasteiger charge is -2.17. The Morgan fingerprint density at radius 1 is 1.27 bits per heavy atom. The van der Waals surface area contributed by atoms with Gasteiger partial charge in [0.15, 0.2) is 0 Å². The number of rotatable bonds is 3. The predicted molar refractivity (Wildman–Crippen MR) is 88.1 cm³/mol. The molecule has 1 unspecified atom stereocenters. The summed E-state index contributed by atoms with van der Waals surface area (Å²) >= 11 is 3.35. The van der Waals surface area contributed by atoms with Crippen molar-refractivity contribution in [3.05, 3.63) is 58.2 Å². The van der Waals surface area contributed by atoms with Crippen molar-refractivity contribution >= 4 is 21.8 Å². The number of halogens is 1. The van der Waals surface area contributed by atoms with Crippen LogP contribution in [0.2, 0.25) is 0 Å². The average molecular weight is 361 g/mol. The second-order valence-corrected chi connectivity index (χ2v) is 6.38. The number of hydrogen-bond donors (Lipinski definition) is 0. The van der Waals surface area contributed by atoms with E-state index in [0.29, 0.717) is 19.0 Å². The Hall–Kier alpha value is -1.88. The minimum atomic E-state index is 0.00285. The highest BCUT2D eigenvalue weighted by atomic mass is 79.9. The number of pyridine rings is 1. The van der Waals surface area contributed by atoms with E-state index in [2.05, 4.69) is 20.9 Å². The van der Waals surface area contributed by atoms with Gasteiger partial charge in [0.05, 0.1) is 6.54 Å². The number of carbonyl (C=O) groups excluding carboxylic acids is 1. The molecule has 0 saturated carbocycles. The number of ether oxygens (including phenoxy) is 1. The van der Waals surface area contributed by atoms with E-state index >= 15 is 0 Å². The fourth-order valence-electron chi connectivity index (χ4n) is 2.49. The maximum Gasteiger partial charge on any atom is 0.253 e. The van der Waals surface area contributed by atoms with Crippen LogP contribution in [0.5, 0.6) is 5.88 Å². The van der Waals surface area contributed by atoms with E-state index in [9.17, 15) is 4.79 Å². The maximum absolute atomic E-state index is 12.4. The third-order valence-electron chi connectivity index (χ3n) is 3.72. The van der Waals surface area contributed by atoms with E-state index in [1.165, 1.54) is 0 Å². The molecule has 5 heteroatoms. The zero-order chi connectivity index (χ0) is 15.5. The van der Waals surface area contributed by atoms with Crippen molar-refractivity contribution < 1.29 is 9.53 Å². The Bertz CT molecular complexity index is 655. The highest BCUT2D eigenvalue weighted by Gasteiger charge is 2.28. The summed E-state index contributed by atoms with van der Waals surface area (Å²) < 4.78 is 6.76. The van der Waals surface area contributed by atoms with Crippen LogP contribution in [-0.2, 0) is 0 Å². The third-order valence-corrected chi connectivity index (χ3v) is 4.19. The van der Waals surface area contributed by atoms with E-state index in [1.807, 2.05) is 48.2 Å². The summed E-state index contributed by atoms with van der Waals surface area (Å²) in [5.74, 6) is 0.660. The molecule has 0 radical (unpaired) electrons. The number of amides is 1. The van der Waals surface area contributed by atoms with Gasteiger partial charge in [-0.3, -0.25) is 4.79 Å². The van der Waals surface area contributed by atoms with Crippen molar-refractivity contribution in [2.75, 3.05) is 13.1 Å². The first kappa shape index (κ1) is 15.0. The molecule has 0 aliphatic carbocycles.